The number of para-hydroxylation sites is 1. The molecule has 0 aliphatic carbocycles. The van der Waals surface area contributed by atoms with Crippen molar-refractivity contribution in [1.29, 1.82) is 0 Å². The van der Waals surface area contributed by atoms with Gasteiger partial charge in [0, 0.05) is 32.5 Å². The Bertz CT molecular complexity index is 787. The summed E-state index contributed by atoms with van der Waals surface area (Å²) < 4.78 is 6.54. The highest BCUT2D eigenvalue weighted by Crippen LogP contribution is 2.41. The van der Waals surface area contributed by atoms with Crippen LogP contribution in [0.1, 0.15) is 17.8 Å². The van der Waals surface area contributed by atoms with Gasteiger partial charge < -0.3 is 14.7 Å². The Labute approximate surface area is 149 Å². The van der Waals surface area contributed by atoms with Gasteiger partial charge in [-0.1, -0.05) is 12.1 Å². The van der Waals surface area contributed by atoms with Crippen molar-refractivity contribution in [3.63, 3.8) is 0 Å². The van der Waals surface area contributed by atoms with Crippen LogP contribution >= 0.6 is 11.3 Å². The molecule has 0 bridgehead atoms. The first-order valence-corrected chi connectivity index (χ1v) is 9.33. The fourth-order valence-corrected chi connectivity index (χ4v) is 4.85. The number of thiazole rings is 1. The summed E-state index contributed by atoms with van der Waals surface area (Å²) in [6.45, 7) is 1.56. The van der Waals surface area contributed by atoms with Crippen molar-refractivity contribution < 1.29 is 19.4 Å². The van der Waals surface area contributed by atoms with Crippen LogP contribution in [0.5, 0.6) is 0 Å². The summed E-state index contributed by atoms with van der Waals surface area (Å²) in [6, 6.07) is 7.93. The van der Waals surface area contributed by atoms with E-state index in [1.807, 2.05) is 24.3 Å². The van der Waals surface area contributed by atoms with Crippen molar-refractivity contribution in [1.82, 2.24) is 9.88 Å². The molecule has 2 fully saturated rings. The number of hydrogen-bond donors (Lipinski definition) is 1. The molecule has 1 amide bonds. The number of aromatic nitrogens is 1. The van der Waals surface area contributed by atoms with Gasteiger partial charge in [0.1, 0.15) is 5.41 Å². The monoisotopic (exact) mass is 360 g/mol. The first-order chi connectivity index (χ1) is 12.1. The number of hydrogen-bond acceptors (Lipinski definition) is 5. The third-order valence-electron chi connectivity index (χ3n) is 5.34. The molecular formula is C18H20N2O4S. The molecule has 0 saturated carbocycles. The second-order valence-electron chi connectivity index (χ2n) is 6.85. The van der Waals surface area contributed by atoms with E-state index in [9.17, 15) is 14.7 Å². The van der Waals surface area contributed by atoms with Crippen LogP contribution in [0.15, 0.2) is 24.3 Å². The van der Waals surface area contributed by atoms with E-state index in [2.05, 4.69) is 4.98 Å². The van der Waals surface area contributed by atoms with Crippen LogP contribution in [0.2, 0.25) is 0 Å². The van der Waals surface area contributed by atoms with Crippen LogP contribution in [0.3, 0.4) is 0 Å². The molecule has 7 heteroatoms. The maximum Gasteiger partial charge on any atom is 0.314 e. The maximum absolute atomic E-state index is 12.6. The van der Waals surface area contributed by atoms with Crippen molar-refractivity contribution in [3.05, 3.63) is 29.3 Å². The van der Waals surface area contributed by atoms with Gasteiger partial charge in [0.2, 0.25) is 5.91 Å². The Hall–Kier alpha value is -1.99. The topological polar surface area (TPSA) is 79.7 Å². The van der Waals surface area contributed by atoms with E-state index in [1.54, 1.807) is 16.2 Å². The smallest absolute Gasteiger partial charge is 0.314 e. The molecule has 0 unspecified atom stereocenters. The van der Waals surface area contributed by atoms with E-state index in [1.165, 1.54) is 0 Å². The molecule has 1 N–H and O–H groups in total. The Morgan fingerprint density at radius 2 is 2.24 bits per heavy atom. The maximum atomic E-state index is 12.6. The Kier molecular flexibility index (Phi) is 4.21. The lowest BCUT2D eigenvalue weighted by atomic mass is 9.76. The molecular weight excluding hydrogens is 340 g/mol. The molecule has 2 aromatic rings. The number of carboxylic acid groups (broad SMARTS) is 1. The fourth-order valence-electron chi connectivity index (χ4n) is 3.88. The van der Waals surface area contributed by atoms with Crippen LogP contribution in [-0.2, 0) is 20.7 Å². The average molecular weight is 360 g/mol. The summed E-state index contributed by atoms with van der Waals surface area (Å²) in [5.74, 6) is -0.849. The lowest BCUT2D eigenvalue weighted by Crippen LogP contribution is -2.46. The van der Waals surface area contributed by atoms with Crippen molar-refractivity contribution in [2.24, 2.45) is 11.3 Å². The quantitative estimate of drug-likeness (QED) is 0.904. The van der Waals surface area contributed by atoms with Crippen LogP contribution < -0.4 is 0 Å². The van der Waals surface area contributed by atoms with Crippen LogP contribution in [-0.4, -0.2) is 53.2 Å². The van der Waals surface area contributed by atoms with Gasteiger partial charge >= 0.3 is 5.97 Å². The number of likely N-dealkylation sites (tertiary alicyclic amines) is 1. The number of fused-ring (bicyclic) bond motifs is 2. The molecule has 2 saturated heterocycles. The number of aryl methyl sites for hydroxylation is 1. The number of benzene rings is 1. The standard InChI is InChI=1S/C18H20N2O4S/c21-16(6-5-15-19-13-3-1-2-4-14(13)25-15)20-9-12-7-8-24-11-18(12,10-20)17(22)23/h1-4,12H,5-11H2,(H,22,23)/t12-,18+/m0/s1. The summed E-state index contributed by atoms with van der Waals surface area (Å²) in [7, 11) is 0. The van der Waals surface area contributed by atoms with Gasteiger partial charge in [0.15, 0.2) is 0 Å². The minimum absolute atomic E-state index is 0.00859. The fraction of sp³-hybridized carbons (Fsp3) is 0.500. The van der Waals surface area contributed by atoms with E-state index in [0.717, 1.165) is 15.2 Å². The van der Waals surface area contributed by atoms with E-state index < -0.39 is 11.4 Å². The summed E-state index contributed by atoms with van der Waals surface area (Å²) in [4.78, 5) is 30.7. The van der Waals surface area contributed by atoms with E-state index in [4.69, 9.17) is 4.74 Å². The minimum Gasteiger partial charge on any atom is -0.481 e. The first kappa shape index (κ1) is 16.5. The normalized spacial score (nSPS) is 25.9. The van der Waals surface area contributed by atoms with Gasteiger partial charge in [-0.3, -0.25) is 9.59 Å². The van der Waals surface area contributed by atoms with E-state index in [0.29, 0.717) is 32.4 Å². The van der Waals surface area contributed by atoms with Gasteiger partial charge in [0.05, 0.1) is 21.8 Å². The molecule has 0 radical (unpaired) electrons. The molecule has 4 rings (SSSR count). The van der Waals surface area contributed by atoms with Crippen LogP contribution in [0, 0.1) is 11.3 Å². The molecule has 2 atom stereocenters. The third-order valence-corrected chi connectivity index (χ3v) is 6.43. The van der Waals surface area contributed by atoms with Crippen LogP contribution in [0.4, 0.5) is 0 Å². The molecule has 6 nitrogen and oxygen atoms in total. The van der Waals surface area contributed by atoms with Gasteiger partial charge in [-0.25, -0.2) is 4.98 Å². The number of aliphatic carboxylic acids is 1. The molecule has 3 heterocycles. The second kappa shape index (κ2) is 6.38. The molecule has 0 spiro atoms. The first-order valence-electron chi connectivity index (χ1n) is 8.52. The van der Waals surface area contributed by atoms with Crippen molar-refractivity contribution in [3.8, 4) is 0 Å². The predicted molar refractivity (Wildman–Crippen MR) is 93.5 cm³/mol. The van der Waals surface area contributed by atoms with E-state index in [-0.39, 0.29) is 25.0 Å². The number of ether oxygens (including phenoxy) is 1. The number of rotatable bonds is 4. The second-order valence-corrected chi connectivity index (χ2v) is 7.96. The molecule has 1 aromatic heterocycles. The summed E-state index contributed by atoms with van der Waals surface area (Å²) in [5, 5.41) is 10.6. The van der Waals surface area contributed by atoms with Crippen molar-refractivity contribution in [2.75, 3.05) is 26.3 Å². The van der Waals surface area contributed by atoms with Gasteiger partial charge in [-0.2, -0.15) is 0 Å². The van der Waals surface area contributed by atoms with Gasteiger partial charge in [0.25, 0.3) is 0 Å². The zero-order valence-corrected chi connectivity index (χ0v) is 14.6. The highest BCUT2D eigenvalue weighted by atomic mass is 32.1. The highest BCUT2D eigenvalue weighted by molar-refractivity contribution is 7.18. The number of carboxylic acids is 1. The molecule has 2 aliphatic rings. The minimum atomic E-state index is -0.927. The van der Waals surface area contributed by atoms with Crippen LogP contribution in [0.25, 0.3) is 10.2 Å². The predicted octanol–water partition coefficient (Wildman–Crippen LogP) is 2.18. The summed E-state index contributed by atoms with van der Waals surface area (Å²) in [5.41, 5.74) is 0.0353. The summed E-state index contributed by atoms with van der Waals surface area (Å²) in [6.07, 6.45) is 1.66. The molecule has 25 heavy (non-hydrogen) atoms. The number of nitrogens with zero attached hydrogens (tertiary/aromatic N) is 2. The zero-order valence-electron chi connectivity index (χ0n) is 13.8. The Morgan fingerprint density at radius 1 is 1.40 bits per heavy atom. The largest absolute Gasteiger partial charge is 0.481 e. The van der Waals surface area contributed by atoms with Crippen molar-refractivity contribution >= 4 is 33.4 Å². The van der Waals surface area contributed by atoms with Crippen molar-refractivity contribution in [2.45, 2.75) is 19.3 Å². The third kappa shape index (κ3) is 2.91. The highest BCUT2D eigenvalue weighted by Gasteiger charge is 2.55. The van der Waals surface area contributed by atoms with E-state index >= 15 is 0 Å². The molecule has 132 valence electrons. The Balaban J connectivity index is 1.42. The molecule has 1 aromatic carbocycles. The Morgan fingerprint density at radius 3 is 3.00 bits per heavy atom. The van der Waals surface area contributed by atoms with Gasteiger partial charge in [-0.15, -0.1) is 11.3 Å². The average Bonchev–Trinajstić information content (AvgIpc) is 3.21. The molecule has 2 aliphatic heterocycles. The van der Waals surface area contributed by atoms with Gasteiger partial charge in [-0.05, 0) is 24.5 Å². The zero-order chi connectivity index (χ0) is 17.4. The summed E-state index contributed by atoms with van der Waals surface area (Å²) >= 11 is 1.61. The lowest BCUT2D eigenvalue weighted by molar-refractivity contribution is -0.159. The lowest BCUT2D eigenvalue weighted by Gasteiger charge is -2.33. The number of carbonyl (C=O) groups excluding carboxylic acids is 1. The SMILES string of the molecule is O=C(CCc1nc2ccccc2s1)N1C[C@@H]2CCOC[C@]2(C(=O)O)C1. The number of carbonyl (C=O) groups is 2. The number of amides is 1.